The standard InChI is InChI=1S/C31H30F3N9OS2/c1-19-18-23(37-40-27-13-14-28(45-27)43-15-3-4-16-43)8-11-25(19)38-36-22-7-12-26(20(2)17-22)39-41-30-35-29(42-46-30)21-5-9-24(10-6-21)44-31(32,33)34/h5-14,17-18,36-38,40H,3-4,15-16H2,1-2H3/b41-39+. The van der Waals surface area contributed by atoms with Crippen molar-refractivity contribution in [1.29, 1.82) is 0 Å². The Labute approximate surface area is 271 Å². The smallest absolute Gasteiger partial charge is 0.406 e. The van der Waals surface area contributed by atoms with Crippen LogP contribution in [0.5, 0.6) is 5.75 Å². The molecule has 0 radical (unpaired) electrons. The van der Waals surface area contributed by atoms with Gasteiger partial charge in [0.15, 0.2) is 5.82 Å². The summed E-state index contributed by atoms with van der Waals surface area (Å²) < 4.78 is 45.3. The topological polar surface area (TPSA) is 111 Å². The lowest BCUT2D eigenvalue weighted by atomic mass is 10.2. The van der Waals surface area contributed by atoms with Crippen LogP contribution in [0.3, 0.4) is 0 Å². The third kappa shape index (κ3) is 8.03. The average Bonchev–Trinajstić information content (AvgIpc) is 3.81. The number of hydrazine groups is 2. The van der Waals surface area contributed by atoms with Crippen molar-refractivity contribution in [2.45, 2.75) is 33.1 Å². The van der Waals surface area contributed by atoms with Crippen LogP contribution < -0.4 is 31.3 Å². The van der Waals surface area contributed by atoms with Crippen molar-refractivity contribution in [2.24, 2.45) is 10.2 Å². The predicted octanol–water partition coefficient (Wildman–Crippen LogP) is 9.68. The van der Waals surface area contributed by atoms with Gasteiger partial charge in [-0.25, -0.2) is 0 Å². The zero-order valence-electron chi connectivity index (χ0n) is 24.9. The number of alkyl halides is 3. The average molecular weight is 666 g/mol. The molecule has 46 heavy (non-hydrogen) atoms. The Morgan fingerprint density at radius 2 is 1.52 bits per heavy atom. The summed E-state index contributed by atoms with van der Waals surface area (Å²) in [6.07, 6.45) is -2.23. The normalized spacial score (nSPS) is 13.3. The molecule has 3 aromatic carbocycles. The number of nitrogens with zero attached hydrogens (tertiary/aromatic N) is 5. The summed E-state index contributed by atoms with van der Waals surface area (Å²) in [5.41, 5.74) is 19.0. The van der Waals surface area contributed by atoms with Crippen molar-refractivity contribution in [1.82, 2.24) is 9.36 Å². The molecule has 238 valence electrons. The molecule has 1 fully saturated rings. The Kier molecular flexibility index (Phi) is 9.21. The first-order chi connectivity index (χ1) is 22.2. The first-order valence-electron chi connectivity index (χ1n) is 14.4. The molecule has 0 unspecified atom stereocenters. The largest absolute Gasteiger partial charge is 0.573 e. The van der Waals surface area contributed by atoms with E-state index in [0.29, 0.717) is 22.2 Å². The number of hydrogen-bond donors (Lipinski definition) is 4. The fourth-order valence-electron chi connectivity index (χ4n) is 4.78. The van der Waals surface area contributed by atoms with E-state index in [1.807, 2.05) is 44.2 Å². The van der Waals surface area contributed by atoms with E-state index in [1.54, 1.807) is 11.3 Å². The maximum atomic E-state index is 12.4. The summed E-state index contributed by atoms with van der Waals surface area (Å²) in [5.74, 6) is 0.0219. The number of hydrogen-bond acceptors (Lipinski definition) is 12. The molecule has 1 saturated heterocycles. The molecular weight excluding hydrogens is 636 g/mol. The van der Waals surface area contributed by atoms with Crippen molar-refractivity contribution in [3.63, 3.8) is 0 Å². The molecule has 3 heterocycles. The SMILES string of the molecule is Cc1cc(NNc2ccc(NNc3ccc(N4CCCC4)s3)cc2C)ccc1/N=N/c1nc(-c2ccc(OC(F)(F)F)cc2)ns1. The van der Waals surface area contributed by atoms with Gasteiger partial charge >= 0.3 is 6.36 Å². The second kappa shape index (κ2) is 13.6. The van der Waals surface area contributed by atoms with Crippen molar-refractivity contribution in [2.75, 3.05) is 39.7 Å². The van der Waals surface area contributed by atoms with Gasteiger partial charge in [-0.15, -0.1) is 23.4 Å². The summed E-state index contributed by atoms with van der Waals surface area (Å²) in [6, 6.07) is 21.4. The van der Waals surface area contributed by atoms with Crippen LogP contribution in [0.4, 0.5) is 51.1 Å². The fraction of sp³-hybridized carbons (Fsp3) is 0.226. The van der Waals surface area contributed by atoms with Crippen LogP contribution >= 0.6 is 22.9 Å². The van der Waals surface area contributed by atoms with Crippen LogP contribution in [0.2, 0.25) is 0 Å². The summed E-state index contributed by atoms with van der Waals surface area (Å²) in [6.45, 7) is 6.23. The number of azo groups is 1. The van der Waals surface area contributed by atoms with Gasteiger partial charge in [-0.05, 0) is 111 Å². The quantitative estimate of drug-likeness (QED) is 0.0815. The highest BCUT2D eigenvalue weighted by Crippen LogP contribution is 2.33. The van der Waals surface area contributed by atoms with E-state index in [0.717, 1.165) is 57.8 Å². The Hall–Kier alpha value is -4.89. The predicted molar refractivity (Wildman–Crippen MR) is 179 cm³/mol. The van der Waals surface area contributed by atoms with E-state index < -0.39 is 6.36 Å². The summed E-state index contributed by atoms with van der Waals surface area (Å²) >= 11 is 2.79. The number of aromatic nitrogens is 2. The number of halogens is 3. The zero-order chi connectivity index (χ0) is 32.1. The molecule has 4 N–H and O–H groups in total. The maximum Gasteiger partial charge on any atom is 0.573 e. The molecule has 0 bridgehead atoms. The van der Waals surface area contributed by atoms with Crippen molar-refractivity contribution < 1.29 is 17.9 Å². The summed E-state index contributed by atoms with van der Waals surface area (Å²) in [7, 11) is 0. The number of rotatable bonds is 11. The Balaban J connectivity index is 1.00. The van der Waals surface area contributed by atoms with E-state index >= 15 is 0 Å². The van der Waals surface area contributed by atoms with E-state index in [2.05, 4.69) is 69.1 Å². The highest BCUT2D eigenvalue weighted by atomic mass is 32.1. The molecule has 1 aliphatic heterocycles. The first kappa shape index (κ1) is 31.1. The minimum absolute atomic E-state index is 0.315. The van der Waals surface area contributed by atoms with Gasteiger partial charge in [0.2, 0.25) is 5.13 Å². The van der Waals surface area contributed by atoms with E-state index in [9.17, 15) is 13.2 Å². The van der Waals surface area contributed by atoms with Gasteiger partial charge in [-0.3, -0.25) is 5.43 Å². The van der Waals surface area contributed by atoms with Gasteiger partial charge in [-0.2, -0.15) is 9.36 Å². The molecule has 0 spiro atoms. The molecule has 0 amide bonds. The second-order valence-corrected chi connectivity index (χ2v) is 12.3. The number of nitrogens with one attached hydrogen (secondary N) is 4. The van der Waals surface area contributed by atoms with Gasteiger partial charge < -0.3 is 25.9 Å². The summed E-state index contributed by atoms with van der Waals surface area (Å²) in [4.78, 5) is 6.75. The van der Waals surface area contributed by atoms with Crippen molar-refractivity contribution in [3.05, 3.63) is 83.9 Å². The second-order valence-electron chi connectivity index (χ2n) is 10.5. The fourth-order valence-corrected chi connectivity index (χ4v) is 6.21. The summed E-state index contributed by atoms with van der Waals surface area (Å²) in [5, 5.41) is 11.2. The zero-order valence-corrected chi connectivity index (χ0v) is 26.5. The molecule has 0 atom stereocenters. The lowest BCUT2D eigenvalue weighted by molar-refractivity contribution is -0.274. The highest BCUT2D eigenvalue weighted by molar-refractivity contribution is 7.20. The number of ether oxygens (including phenoxy) is 1. The van der Waals surface area contributed by atoms with E-state index in [1.165, 1.54) is 42.1 Å². The first-order valence-corrected chi connectivity index (χ1v) is 16.0. The van der Waals surface area contributed by atoms with Gasteiger partial charge in [0.1, 0.15) is 10.8 Å². The Morgan fingerprint density at radius 3 is 2.24 bits per heavy atom. The minimum atomic E-state index is -4.75. The minimum Gasteiger partial charge on any atom is -0.406 e. The molecule has 1 aliphatic rings. The lowest BCUT2D eigenvalue weighted by Crippen LogP contribution is -2.16. The monoisotopic (exact) mass is 665 g/mol. The van der Waals surface area contributed by atoms with Gasteiger partial charge in [-0.1, -0.05) is 11.3 Å². The molecular formula is C31H30F3N9OS2. The molecule has 0 saturated carbocycles. The van der Waals surface area contributed by atoms with E-state index in [-0.39, 0.29) is 5.75 Å². The number of benzene rings is 3. The van der Waals surface area contributed by atoms with Gasteiger partial charge in [0, 0.05) is 30.2 Å². The van der Waals surface area contributed by atoms with Crippen LogP contribution in [-0.2, 0) is 0 Å². The molecule has 15 heteroatoms. The number of aryl methyl sites for hydroxylation is 2. The molecule has 5 aromatic rings. The third-order valence-electron chi connectivity index (χ3n) is 7.11. The highest BCUT2D eigenvalue weighted by Gasteiger charge is 2.31. The van der Waals surface area contributed by atoms with Crippen LogP contribution in [0.15, 0.2) is 83.0 Å². The molecule has 6 rings (SSSR count). The number of thiophene rings is 1. The molecule has 0 aliphatic carbocycles. The Morgan fingerprint density at radius 1 is 0.804 bits per heavy atom. The van der Waals surface area contributed by atoms with Crippen LogP contribution in [0.25, 0.3) is 11.4 Å². The third-order valence-corrected chi connectivity index (χ3v) is 8.77. The van der Waals surface area contributed by atoms with Crippen molar-refractivity contribution in [3.8, 4) is 17.1 Å². The van der Waals surface area contributed by atoms with Crippen LogP contribution in [0, 0.1) is 13.8 Å². The number of anilines is 5. The lowest BCUT2D eigenvalue weighted by Gasteiger charge is -2.15. The van der Waals surface area contributed by atoms with Gasteiger partial charge in [0.05, 0.1) is 27.8 Å². The van der Waals surface area contributed by atoms with E-state index in [4.69, 9.17) is 0 Å². The van der Waals surface area contributed by atoms with Crippen LogP contribution in [-0.4, -0.2) is 28.8 Å². The molecule has 10 nitrogen and oxygen atoms in total. The molecule has 2 aromatic heterocycles. The maximum absolute atomic E-state index is 12.4. The van der Waals surface area contributed by atoms with Gasteiger partial charge in [0.25, 0.3) is 0 Å². The Bertz CT molecular complexity index is 1820. The van der Waals surface area contributed by atoms with Crippen LogP contribution in [0.1, 0.15) is 24.0 Å². The van der Waals surface area contributed by atoms with Crippen molar-refractivity contribution >= 4 is 60.8 Å².